The van der Waals surface area contributed by atoms with Crippen molar-refractivity contribution < 1.29 is 9.84 Å². The van der Waals surface area contributed by atoms with Crippen molar-refractivity contribution in [3.63, 3.8) is 0 Å². The van der Waals surface area contributed by atoms with Crippen molar-refractivity contribution in [3.05, 3.63) is 54.6 Å². The predicted molar refractivity (Wildman–Crippen MR) is 96.4 cm³/mol. The molecule has 1 aromatic carbocycles. The molecule has 1 aliphatic rings. The van der Waals surface area contributed by atoms with Gasteiger partial charge in [-0.3, -0.25) is 10.00 Å². The zero-order chi connectivity index (χ0) is 17.5. The number of nitrogens with one attached hydrogen (secondary N) is 1. The third-order valence-corrected chi connectivity index (χ3v) is 4.58. The number of rotatable bonds is 8. The Balaban J connectivity index is 1.56. The van der Waals surface area contributed by atoms with Gasteiger partial charge in [0.1, 0.15) is 30.6 Å². The van der Waals surface area contributed by atoms with Gasteiger partial charge < -0.3 is 9.84 Å². The molecule has 0 radical (unpaired) electrons. The first-order chi connectivity index (χ1) is 12.3. The normalized spacial score (nSPS) is 19.5. The topological polar surface area (TPSA) is 74.3 Å². The fraction of sp³-hybridized carbons (Fsp3) is 0.474. The van der Waals surface area contributed by atoms with Crippen LogP contribution >= 0.6 is 0 Å². The van der Waals surface area contributed by atoms with Crippen LogP contribution in [-0.2, 0) is 6.42 Å². The molecule has 1 aliphatic heterocycles. The van der Waals surface area contributed by atoms with Crippen molar-refractivity contribution in [1.29, 1.82) is 0 Å². The molecule has 0 aliphatic carbocycles. The first-order valence-electron chi connectivity index (χ1n) is 8.87. The summed E-state index contributed by atoms with van der Waals surface area (Å²) in [5.74, 6) is 1.69. The number of hydrogen-bond donors (Lipinski definition) is 2. The third-order valence-electron chi connectivity index (χ3n) is 4.58. The third kappa shape index (κ3) is 4.67. The number of hydrogen-bond acceptors (Lipinski definition) is 5. The van der Waals surface area contributed by atoms with Gasteiger partial charge in [-0.2, -0.15) is 5.10 Å². The first kappa shape index (κ1) is 17.6. The Morgan fingerprint density at radius 3 is 3.08 bits per heavy atom. The molecule has 0 saturated carbocycles. The Hall–Kier alpha value is -2.18. The van der Waals surface area contributed by atoms with E-state index < -0.39 is 6.10 Å². The largest absolute Gasteiger partial charge is 0.491 e. The maximum Gasteiger partial charge on any atom is 0.141 e. The monoisotopic (exact) mass is 342 g/mol. The summed E-state index contributed by atoms with van der Waals surface area (Å²) in [6, 6.07) is 8.08. The molecule has 0 spiro atoms. The van der Waals surface area contributed by atoms with Crippen molar-refractivity contribution >= 4 is 0 Å². The zero-order valence-electron chi connectivity index (χ0n) is 14.5. The van der Waals surface area contributed by atoms with E-state index in [1.807, 2.05) is 30.3 Å². The van der Waals surface area contributed by atoms with Crippen LogP contribution in [0.3, 0.4) is 0 Å². The first-order valence-corrected chi connectivity index (χ1v) is 8.87. The second-order valence-electron chi connectivity index (χ2n) is 6.44. The molecule has 0 amide bonds. The van der Waals surface area contributed by atoms with Crippen LogP contribution in [0, 0.1) is 0 Å². The van der Waals surface area contributed by atoms with Crippen LogP contribution in [0.25, 0.3) is 0 Å². The van der Waals surface area contributed by atoms with Crippen LogP contribution < -0.4 is 4.74 Å². The number of H-pyrrole nitrogens is 1. The average molecular weight is 342 g/mol. The van der Waals surface area contributed by atoms with E-state index in [0.29, 0.717) is 6.54 Å². The summed E-state index contributed by atoms with van der Waals surface area (Å²) in [6.45, 7) is 5.57. The van der Waals surface area contributed by atoms with Gasteiger partial charge >= 0.3 is 0 Å². The van der Waals surface area contributed by atoms with Gasteiger partial charge in [-0.1, -0.05) is 30.7 Å². The van der Waals surface area contributed by atoms with Crippen LogP contribution in [0.5, 0.6) is 5.75 Å². The fourth-order valence-corrected chi connectivity index (χ4v) is 3.37. The number of β-amino-alcohol motifs (C(OH)–C–C–N with tert-alkyl or cyclic N) is 1. The quantitative estimate of drug-likeness (QED) is 0.721. The molecule has 1 fully saturated rings. The van der Waals surface area contributed by atoms with E-state index in [-0.39, 0.29) is 12.6 Å². The summed E-state index contributed by atoms with van der Waals surface area (Å²) in [4.78, 5) is 6.56. The van der Waals surface area contributed by atoms with E-state index in [2.05, 4.69) is 26.7 Å². The lowest BCUT2D eigenvalue weighted by Crippen LogP contribution is -2.41. The van der Waals surface area contributed by atoms with Crippen molar-refractivity contribution in [2.75, 3.05) is 19.7 Å². The molecule has 6 nitrogen and oxygen atoms in total. The number of nitrogens with zero attached hydrogens (tertiary/aromatic N) is 3. The molecule has 2 atom stereocenters. The van der Waals surface area contributed by atoms with Crippen LogP contribution in [0.4, 0.5) is 0 Å². The molecule has 2 aromatic rings. The van der Waals surface area contributed by atoms with Gasteiger partial charge in [0.05, 0.1) is 6.04 Å². The maximum atomic E-state index is 10.5. The lowest BCUT2D eigenvalue weighted by Gasteiger charge is -2.35. The minimum Gasteiger partial charge on any atom is -0.491 e. The molecular weight excluding hydrogens is 316 g/mol. The molecule has 6 heteroatoms. The number of para-hydroxylation sites is 1. The number of ether oxygens (including phenoxy) is 1. The standard InChI is InChI=1S/C19H26N4O2/c1-2-7-15-8-3-4-10-18(15)25-13-16(24)12-23-11-6-5-9-17(23)19-20-14-21-22-19/h2-4,8,10,14,16-17,24H,1,5-7,9,11-13H2,(H,20,21,22). The summed E-state index contributed by atoms with van der Waals surface area (Å²) in [7, 11) is 0. The van der Waals surface area contributed by atoms with Crippen molar-refractivity contribution in [3.8, 4) is 5.75 Å². The van der Waals surface area contributed by atoms with E-state index in [0.717, 1.165) is 42.9 Å². The van der Waals surface area contributed by atoms with E-state index in [1.165, 1.54) is 12.7 Å². The molecule has 1 aromatic heterocycles. The number of likely N-dealkylation sites (tertiary alicyclic amines) is 1. The van der Waals surface area contributed by atoms with Crippen LogP contribution in [0.15, 0.2) is 43.2 Å². The lowest BCUT2D eigenvalue weighted by molar-refractivity contribution is 0.0371. The minimum atomic E-state index is -0.555. The van der Waals surface area contributed by atoms with Crippen molar-refractivity contribution in [2.24, 2.45) is 0 Å². The maximum absolute atomic E-state index is 10.5. The molecule has 134 valence electrons. The molecule has 2 heterocycles. The van der Waals surface area contributed by atoms with Crippen LogP contribution in [-0.4, -0.2) is 51.0 Å². The molecule has 0 bridgehead atoms. The molecule has 25 heavy (non-hydrogen) atoms. The molecule has 1 saturated heterocycles. The number of benzene rings is 1. The Morgan fingerprint density at radius 2 is 2.28 bits per heavy atom. The highest BCUT2D eigenvalue weighted by molar-refractivity contribution is 5.34. The smallest absolute Gasteiger partial charge is 0.141 e. The van der Waals surface area contributed by atoms with Gasteiger partial charge in [0.15, 0.2) is 0 Å². The predicted octanol–water partition coefficient (Wildman–Crippen LogP) is 2.50. The summed E-state index contributed by atoms with van der Waals surface area (Å²) in [5, 5.41) is 17.4. The SMILES string of the molecule is C=CCc1ccccc1OCC(O)CN1CCCCC1c1ncn[nH]1. The van der Waals surface area contributed by atoms with E-state index in [1.54, 1.807) is 0 Å². The highest BCUT2D eigenvalue weighted by Gasteiger charge is 2.27. The van der Waals surface area contributed by atoms with Crippen molar-refractivity contribution in [1.82, 2.24) is 20.1 Å². The molecule has 3 rings (SSSR count). The molecule has 2 N–H and O–H groups in total. The number of piperidine rings is 1. The van der Waals surface area contributed by atoms with Gasteiger partial charge in [-0.25, -0.2) is 4.98 Å². The lowest BCUT2D eigenvalue weighted by atomic mass is 10.0. The highest BCUT2D eigenvalue weighted by Crippen LogP contribution is 2.28. The van der Waals surface area contributed by atoms with Gasteiger partial charge in [0, 0.05) is 6.54 Å². The zero-order valence-corrected chi connectivity index (χ0v) is 14.5. The Labute approximate surface area is 148 Å². The number of aliphatic hydroxyl groups excluding tert-OH is 1. The highest BCUT2D eigenvalue weighted by atomic mass is 16.5. The number of aromatic nitrogens is 3. The summed E-state index contributed by atoms with van der Waals surface area (Å²) in [5.41, 5.74) is 1.09. The van der Waals surface area contributed by atoms with Crippen LogP contribution in [0.1, 0.15) is 36.7 Å². The van der Waals surface area contributed by atoms with E-state index >= 15 is 0 Å². The minimum absolute atomic E-state index is 0.193. The second-order valence-corrected chi connectivity index (χ2v) is 6.44. The van der Waals surface area contributed by atoms with Gasteiger partial charge in [-0.05, 0) is 37.4 Å². The Morgan fingerprint density at radius 1 is 1.40 bits per heavy atom. The van der Waals surface area contributed by atoms with E-state index in [9.17, 15) is 5.11 Å². The molecule has 2 unspecified atom stereocenters. The van der Waals surface area contributed by atoms with Crippen molar-refractivity contribution in [2.45, 2.75) is 37.8 Å². The Bertz CT molecular complexity index is 659. The summed E-state index contributed by atoms with van der Waals surface area (Å²) < 4.78 is 5.86. The van der Waals surface area contributed by atoms with Gasteiger partial charge in [-0.15, -0.1) is 6.58 Å². The van der Waals surface area contributed by atoms with Gasteiger partial charge in [0.2, 0.25) is 0 Å². The number of aliphatic hydroxyl groups is 1. The van der Waals surface area contributed by atoms with Crippen LogP contribution in [0.2, 0.25) is 0 Å². The summed E-state index contributed by atoms with van der Waals surface area (Å²) >= 11 is 0. The number of aromatic amines is 1. The Kier molecular flexibility index (Phi) is 6.19. The number of allylic oxidation sites excluding steroid dienone is 1. The molecular formula is C19H26N4O2. The average Bonchev–Trinajstić information content (AvgIpc) is 3.16. The van der Waals surface area contributed by atoms with E-state index in [4.69, 9.17) is 4.74 Å². The fourth-order valence-electron chi connectivity index (χ4n) is 3.37. The summed E-state index contributed by atoms with van der Waals surface area (Å²) in [6.07, 6.45) is 6.94. The van der Waals surface area contributed by atoms with Gasteiger partial charge in [0.25, 0.3) is 0 Å². The second kappa shape index (κ2) is 8.78.